The average Bonchev–Trinajstić information content (AvgIpc) is 2.75. The van der Waals surface area contributed by atoms with Crippen molar-refractivity contribution in [2.24, 2.45) is 5.92 Å². The van der Waals surface area contributed by atoms with Crippen LogP contribution in [0.25, 0.3) is 0 Å². The van der Waals surface area contributed by atoms with Crippen molar-refractivity contribution in [1.29, 1.82) is 0 Å². The number of hydrogen-bond donors (Lipinski definition) is 1. The van der Waals surface area contributed by atoms with Crippen LogP contribution in [-0.2, 0) is 6.54 Å². The van der Waals surface area contributed by atoms with Gasteiger partial charge >= 0.3 is 0 Å². The topological polar surface area (TPSA) is 12.0 Å². The summed E-state index contributed by atoms with van der Waals surface area (Å²) in [4.78, 5) is 0. The average molecular weight is 260 g/mol. The third-order valence-electron chi connectivity index (χ3n) is 3.43. The molecule has 1 aromatic carbocycles. The Balaban J connectivity index is 1.93. The molecular formula is C13H16ClF2N. The normalized spacial score (nSPS) is 24.2. The van der Waals surface area contributed by atoms with Crippen molar-refractivity contribution < 1.29 is 8.78 Å². The van der Waals surface area contributed by atoms with E-state index in [4.69, 9.17) is 11.6 Å². The zero-order valence-electron chi connectivity index (χ0n) is 9.56. The van der Waals surface area contributed by atoms with Crippen molar-refractivity contribution in [3.8, 4) is 0 Å². The number of alkyl halides is 1. The first kappa shape index (κ1) is 12.8. The van der Waals surface area contributed by atoms with Crippen LogP contribution in [0.15, 0.2) is 18.2 Å². The van der Waals surface area contributed by atoms with Crippen LogP contribution in [-0.4, -0.2) is 11.9 Å². The molecule has 0 aliphatic heterocycles. The Morgan fingerprint density at radius 2 is 2.12 bits per heavy atom. The molecule has 0 aromatic heterocycles. The fraction of sp³-hybridized carbons (Fsp3) is 0.538. The molecule has 94 valence electrons. The van der Waals surface area contributed by atoms with E-state index in [0.29, 0.717) is 29.9 Å². The Morgan fingerprint density at radius 3 is 2.82 bits per heavy atom. The summed E-state index contributed by atoms with van der Waals surface area (Å²) >= 11 is 5.87. The van der Waals surface area contributed by atoms with Crippen LogP contribution in [0.4, 0.5) is 8.78 Å². The molecule has 0 radical (unpaired) electrons. The summed E-state index contributed by atoms with van der Waals surface area (Å²) in [7, 11) is 0. The summed E-state index contributed by atoms with van der Waals surface area (Å²) in [6.07, 6.45) is 3.38. The van der Waals surface area contributed by atoms with Gasteiger partial charge in [-0.3, -0.25) is 0 Å². The molecule has 1 N–H and O–H groups in total. The molecule has 0 saturated heterocycles. The standard InChI is InChI=1S/C13H16ClF2N/c14-7-9-2-1-3-13(9)17-8-10-4-5-11(15)6-12(10)16/h4-6,9,13,17H,1-3,7-8H2. The molecular weight excluding hydrogens is 244 g/mol. The monoisotopic (exact) mass is 259 g/mol. The van der Waals surface area contributed by atoms with Crippen LogP contribution < -0.4 is 5.32 Å². The minimum absolute atomic E-state index is 0.358. The fourth-order valence-corrected chi connectivity index (χ4v) is 2.77. The van der Waals surface area contributed by atoms with E-state index in [1.165, 1.54) is 18.6 Å². The van der Waals surface area contributed by atoms with Crippen molar-refractivity contribution in [2.45, 2.75) is 31.8 Å². The van der Waals surface area contributed by atoms with Gasteiger partial charge in [0, 0.05) is 30.1 Å². The molecule has 1 nitrogen and oxygen atoms in total. The number of hydrogen-bond acceptors (Lipinski definition) is 1. The van der Waals surface area contributed by atoms with Gasteiger partial charge in [-0.05, 0) is 24.8 Å². The molecule has 0 spiro atoms. The Bertz CT molecular complexity index is 384. The fourth-order valence-electron chi connectivity index (χ4n) is 2.40. The molecule has 1 fully saturated rings. The zero-order valence-corrected chi connectivity index (χ0v) is 10.3. The van der Waals surface area contributed by atoms with Gasteiger partial charge in [-0.1, -0.05) is 12.5 Å². The summed E-state index contributed by atoms with van der Waals surface area (Å²) in [5.41, 5.74) is 0.506. The lowest BCUT2D eigenvalue weighted by atomic mass is 10.1. The van der Waals surface area contributed by atoms with E-state index < -0.39 is 11.6 Å². The molecule has 17 heavy (non-hydrogen) atoms. The molecule has 0 bridgehead atoms. The SMILES string of the molecule is Fc1ccc(CNC2CCCC2CCl)c(F)c1. The van der Waals surface area contributed by atoms with Crippen LogP contribution in [0.2, 0.25) is 0 Å². The van der Waals surface area contributed by atoms with Gasteiger partial charge in [0.1, 0.15) is 11.6 Å². The molecule has 1 aliphatic carbocycles. The highest BCUT2D eigenvalue weighted by Gasteiger charge is 2.25. The summed E-state index contributed by atoms with van der Waals surface area (Å²) in [6.45, 7) is 0.435. The Morgan fingerprint density at radius 1 is 1.29 bits per heavy atom. The first-order valence-corrected chi connectivity index (χ1v) is 6.47. The third-order valence-corrected chi connectivity index (χ3v) is 3.82. The number of nitrogens with one attached hydrogen (secondary N) is 1. The van der Waals surface area contributed by atoms with Crippen LogP contribution in [0.3, 0.4) is 0 Å². The second-order valence-electron chi connectivity index (χ2n) is 4.57. The predicted octanol–water partition coefficient (Wildman–Crippen LogP) is 3.46. The van der Waals surface area contributed by atoms with Gasteiger partial charge in [-0.2, -0.15) is 0 Å². The number of halogens is 3. The lowest BCUT2D eigenvalue weighted by Gasteiger charge is -2.19. The largest absolute Gasteiger partial charge is 0.309 e. The van der Waals surface area contributed by atoms with Gasteiger partial charge in [0.15, 0.2) is 0 Å². The molecule has 2 rings (SSSR count). The number of rotatable bonds is 4. The molecule has 4 heteroatoms. The van der Waals surface area contributed by atoms with Crippen LogP contribution in [0.5, 0.6) is 0 Å². The highest BCUT2D eigenvalue weighted by atomic mass is 35.5. The van der Waals surface area contributed by atoms with E-state index in [-0.39, 0.29) is 0 Å². The zero-order chi connectivity index (χ0) is 12.3. The van der Waals surface area contributed by atoms with E-state index in [1.807, 2.05) is 0 Å². The summed E-state index contributed by atoms with van der Waals surface area (Å²) in [5.74, 6) is 0.0904. The first-order valence-electron chi connectivity index (χ1n) is 5.94. The highest BCUT2D eigenvalue weighted by Crippen LogP contribution is 2.27. The molecule has 2 atom stereocenters. The van der Waals surface area contributed by atoms with Crippen molar-refractivity contribution >= 4 is 11.6 Å². The molecule has 1 aliphatic rings. The van der Waals surface area contributed by atoms with Gasteiger partial charge in [0.05, 0.1) is 0 Å². The van der Waals surface area contributed by atoms with E-state index >= 15 is 0 Å². The first-order chi connectivity index (χ1) is 8.20. The lowest BCUT2D eigenvalue weighted by Crippen LogP contribution is -2.32. The predicted molar refractivity (Wildman–Crippen MR) is 65.0 cm³/mol. The maximum atomic E-state index is 13.4. The summed E-state index contributed by atoms with van der Waals surface area (Å²) < 4.78 is 26.1. The lowest BCUT2D eigenvalue weighted by molar-refractivity contribution is 0.424. The number of benzene rings is 1. The second-order valence-corrected chi connectivity index (χ2v) is 4.88. The van der Waals surface area contributed by atoms with Gasteiger partial charge < -0.3 is 5.32 Å². The minimum Gasteiger partial charge on any atom is -0.309 e. The maximum absolute atomic E-state index is 13.4. The molecule has 1 aromatic rings. The van der Waals surface area contributed by atoms with Crippen molar-refractivity contribution in [2.75, 3.05) is 5.88 Å². The second kappa shape index (κ2) is 5.78. The molecule has 1 saturated carbocycles. The Labute approximate surface area is 105 Å². The quantitative estimate of drug-likeness (QED) is 0.817. The van der Waals surface area contributed by atoms with Crippen LogP contribution >= 0.6 is 11.6 Å². The highest BCUT2D eigenvalue weighted by molar-refractivity contribution is 6.18. The van der Waals surface area contributed by atoms with E-state index in [2.05, 4.69) is 5.32 Å². The third kappa shape index (κ3) is 3.17. The Kier molecular flexibility index (Phi) is 4.35. The minimum atomic E-state index is -0.536. The van der Waals surface area contributed by atoms with Crippen molar-refractivity contribution in [3.05, 3.63) is 35.4 Å². The van der Waals surface area contributed by atoms with E-state index in [1.54, 1.807) is 0 Å². The Hall–Kier alpha value is -0.670. The molecule has 0 amide bonds. The van der Waals surface area contributed by atoms with Gasteiger partial charge in [-0.25, -0.2) is 8.78 Å². The van der Waals surface area contributed by atoms with Crippen molar-refractivity contribution in [3.63, 3.8) is 0 Å². The molecule has 0 heterocycles. The van der Waals surface area contributed by atoms with Gasteiger partial charge in [0.25, 0.3) is 0 Å². The van der Waals surface area contributed by atoms with E-state index in [9.17, 15) is 8.78 Å². The van der Waals surface area contributed by atoms with E-state index in [0.717, 1.165) is 18.9 Å². The summed E-state index contributed by atoms with van der Waals surface area (Å²) in [6, 6.07) is 4.05. The van der Waals surface area contributed by atoms with Crippen molar-refractivity contribution in [1.82, 2.24) is 5.32 Å². The van der Waals surface area contributed by atoms with Crippen LogP contribution in [0, 0.1) is 17.6 Å². The maximum Gasteiger partial charge on any atom is 0.130 e. The van der Waals surface area contributed by atoms with Gasteiger partial charge in [0.2, 0.25) is 0 Å². The smallest absolute Gasteiger partial charge is 0.130 e. The van der Waals surface area contributed by atoms with Gasteiger partial charge in [-0.15, -0.1) is 11.6 Å². The molecule has 2 unspecified atom stereocenters. The van der Waals surface area contributed by atoms with Crippen LogP contribution in [0.1, 0.15) is 24.8 Å². The summed E-state index contributed by atoms with van der Waals surface area (Å²) in [5, 5.41) is 3.31.